The fourth-order valence-corrected chi connectivity index (χ4v) is 5.13. The summed E-state index contributed by atoms with van der Waals surface area (Å²) in [7, 11) is -2.27. The van der Waals surface area contributed by atoms with Crippen LogP contribution in [0.25, 0.3) is 0 Å². The normalized spacial score (nSPS) is 17.6. The maximum atomic E-state index is 12.9. The van der Waals surface area contributed by atoms with Gasteiger partial charge in [-0.05, 0) is 37.6 Å². The number of amides is 3. The summed E-state index contributed by atoms with van der Waals surface area (Å²) >= 11 is 0. The van der Waals surface area contributed by atoms with E-state index in [2.05, 4.69) is 9.71 Å². The molecule has 0 aromatic heterocycles. The number of nitro benzene ring substituents is 1. The minimum absolute atomic E-state index is 0.116. The molecule has 0 spiro atoms. The van der Waals surface area contributed by atoms with Gasteiger partial charge in [-0.3, -0.25) is 29.4 Å². The van der Waals surface area contributed by atoms with E-state index >= 15 is 0 Å². The number of carbonyl (C=O) groups excluding carboxylic acids is 3. The zero-order chi connectivity index (χ0) is 25.5. The summed E-state index contributed by atoms with van der Waals surface area (Å²) in [5, 5.41) is 13.8. The number of nitrogens with zero attached hydrogens (tertiary/aromatic N) is 4. The Labute approximate surface area is 200 Å². The number of rotatable bonds is 6. The van der Waals surface area contributed by atoms with Crippen molar-refractivity contribution in [3.05, 3.63) is 63.7 Å². The minimum atomic E-state index is -4.03. The van der Waals surface area contributed by atoms with Crippen LogP contribution in [-0.4, -0.2) is 66.3 Å². The molecule has 1 saturated heterocycles. The Kier molecular flexibility index (Phi) is 6.11. The largest absolute Gasteiger partial charge is 0.362 e. The molecule has 2 aromatic rings. The summed E-state index contributed by atoms with van der Waals surface area (Å²) in [5.74, 6) is -2.11. The van der Waals surface area contributed by atoms with Crippen molar-refractivity contribution in [1.29, 1.82) is 0 Å². The smallest absolute Gasteiger partial charge is 0.284 e. The monoisotopic (exact) mass is 499 g/mol. The topological polar surface area (TPSA) is 159 Å². The predicted molar refractivity (Wildman–Crippen MR) is 125 cm³/mol. The number of likely N-dealkylation sites (tertiary alicyclic amines) is 1. The third-order valence-corrected chi connectivity index (χ3v) is 7.15. The fourth-order valence-electron chi connectivity index (χ4n) is 3.99. The average molecular weight is 500 g/mol. The van der Waals surface area contributed by atoms with Crippen LogP contribution in [0.15, 0.2) is 51.8 Å². The Morgan fingerprint density at radius 1 is 1.17 bits per heavy atom. The predicted octanol–water partition coefficient (Wildman–Crippen LogP) is 2.03. The summed E-state index contributed by atoms with van der Waals surface area (Å²) in [4.78, 5) is 51.3. The molecule has 1 N–H and O–H groups in total. The molecule has 2 aromatic carbocycles. The van der Waals surface area contributed by atoms with E-state index in [1.54, 1.807) is 11.9 Å². The van der Waals surface area contributed by atoms with Crippen molar-refractivity contribution in [2.24, 2.45) is 4.40 Å². The number of amidine groups is 1. The van der Waals surface area contributed by atoms with Gasteiger partial charge in [0, 0.05) is 31.8 Å². The second-order valence-electron chi connectivity index (χ2n) is 8.14. The molecule has 2 aliphatic rings. The third-order valence-electron chi connectivity index (χ3n) is 5.85. The Hall–Kier alpha value is -4.13. The summed E-state index contributed by atoms with van der Waals surface area (Å²) in [6.45, 7) is 2.01. The van der Waals surface area contributed by atoms with Crippen molar-refractivity contribution in [3.8, 4) is 0 Å². The van der Waals surface area contributed by atoms with Gasteiger partial charge in [-0.1, -0.05) is 12.1 Å². The molecule has 3 amide bonds. The van der Waals surface area contributed by atoms with Gasteiger partial charge in [-0.2, -0.15) is 8.42 Å². The van der Waals surface area contributed by atoms with Gasteiger partial charge in [0.2, 0.25) is 5.91 Å². The molecular weight excluding hydrogens is 478 g/mol. The molecule has 1 fully saturated rings. The molecule has 1 unspecified atom stereocenters. The SMILES string of the molecule is CC(C(=O)Nc1cccc(S(=O)(=O)/N=C2/CCCN2C)c1)N1C(=O)c2cccc([N+](=O)[O-])c2C1=O. The molecule has 0 saturated carbocycles. The van der Waals surface area contributed by atoms with Gasteiger partial charge in [0.1, 0.15) is 17.4 Å². The molecular formula is C22H21N5O7S. The Balaban J connectivity index is 1.55. The van der Waals surface area contributed by atoms with E-state index in [0.717, 1.165) is 12.5 Å². The highest BCUT2D eigenvalue weighted by molar-refractivity contribution is 7.90. The first-order valence-electron chi connectivity index (χ1n) is 10.6. The number of nitro groups is 1. The van der Waals surface area contributed by atoms with Crippen LogP contribution in [0.1, 0.15) is 40.5 Å². The van der Waals surface area contributed by atoms with Gasteiger partial charge < -0.3 is 10.2 Å². The number of benzene rings is 2. The van der Waals surface area contributed by atoms with Crippen molar-refractivity contribution in [3.63, 3.8) is 0 Å². The molecule has 12 nitrogen and oxygen atoms in total. The van der Waals surface area contributed by atoms with Crippen LogP contribution in [0.5, 0.6) is 0 Å². The average Bonchev–Trinajstić information content (AvgIpc) is 3.32. The number of sulfonamides is 1. The fraction of sp³-hybridized carbons (Fsp3) is 0.273. The standard InChI is InChI=1S/C22H21N5O7S/c1-13(26-21(29)16-8-4-9-17(27(31)32)19(16)22(26)30)20(28)23-14-6-3-7-15(12-14)35(33,34)24-18-10-5-11-25(18)2/h3-4,6-9,12-13H,5,10-11H2,1-2H3,(H,23,28)/b24-18-. The number of fused-ring (bicyclic) bond motifs is 1. The first-order valence-corrected chi connectivity index (χ1v) is 12.1. The molecule has 13 heteroatoms. The minimum Gasteiger partial charge on any atom is -0.362 e. The Morgan fingerprint density at radius 2 is 1.89 bits per heavy atom. The number of anilines is 1. The van der Waals surface area contributed by atoms with Crippen LogP contribution in [0.3, 0.4) is 0 Å². The molecule has 0 aliphatic carbocycles. The molecule has 0 radical (unpaired) electrons. The van der Waals surface area contributed by atoms with E-state index in [1.807, 2.05) is 0 Å². The van der Waals surface area contributed by atoms with E-state index in [0.29, 0.717) is 23.7 Å². The highest BCUT2D eigenvalue weighted by Gasteiger charge is 2.44. The molecule has 4 rings (SSSR count). The van der Waals surface area contributed by atoms with Crippen molar-refractivity contribution in [2.45, 2.75) is 30.7 Å². The van der Waals surface area contributed by atoms with E-state index in [9.17, 15) is 32.9 Å². The van der Waals surface area contributed by atoms with Crippen LogP contribution in [0.4, 0.5) is 11.4 Å². The third kappa shape index (κ3) is 4.37. The first-order chi connectivity index (χ1) is 16.5. The first kappa shape index (κ1) is 24.0. The van der Waals surface area contributed by atoms with E-state index in [1.165, 1.54) is 43.3 Å². The lowest BCUT2D eigenvalue weighted by Gasteiger charge is -2.21. The maximum absolute atomic E-state index is 12.9. The molecule has 2 heterocycles. The number of imide groups is 1. The van der Waals surface area contributed by atoms with Crippen LogP contribution in [0.2, 0.25) is 0 Å². The summed E-state index contributed by atoms with van der Waals surface area (Å²) < 4.78 is 29.4. The Morgan fingerprint density at radius 3 is 2.54 bits per heavy atom. The van der Waals surface area contributed by atoms with Gasteiger partial charge in [-0.15, -0.1) is 4.40 Å². The second-order valence-corrected chi connectivity index (χ2v) is 9.74. The van der Waals surface area contributed by atoms with E-state index < -0.39 is 44.4 Å². The van der Waals surface area contributed by atoms with Gasteiger partial charge >= 0.3 is 0 Å². The van der Waals surface area contributed by atoms with Gasteiger partial charge in [0.15, 0.2) is 0 Å². The number of hydrogen-bond acceptors (Lipinski definition) is 7. The van der Waals surface area contributed by atoms with Crippen LogP contribution in [-0.2, 0) is 14.8 Å². The zero-order valence-corrected chi connectivity index (χ0v) is 19.6. The lowest BCUT2D eigenvalue weighted by atomic mass is 10.1. The van der Waals surface area contributed by atoms with Gasteiger partial charge in [0.05, 0.1) is 15.4 Å². The lowest BCUT2D eigenvalue weighted by Crippen LogP contribution is -2.45. The molecule has 0 bridgehead atoms. The number of hydrogen-bond donors (Lipinski definition) is 1. The van der Waals surface area contributed by atoms with Crippen LogP contribution < -0.4 is 5.32 Å². The van der Waals surface area contributed by atoms with Crippen LogP contribution in [0, 0.1) is 10.1 Å². The van der Waals surface area contributed by atoms with Gasteiger partial charge in [0.25, 0.3) is 27.5 Å². The van der Waals surface area contributed by atoms with E-state index in [-0.39, 0.29) is 21.7 Å². The quantitative estimate of drug-likeness (QED) is 0.359. The molecule has 35 heavy (non-hydrogen) atoms. The van der Waals surface area contributed by atoms with Gasteiger partial charge in [-0.25, -0.2) is 0 Å². The molecule has 2 aliphatic heterocycles. The number of carbonyl (C=O) groups is 3. The number of nitrogens with one attached hydrogen (secondary N) is 1. The van der Waals surface area contributed by atoms with Crippen molar-refractivity contribution in [1.82, 2.24) is 9.80 Å². The Bertz CT molecular complexity index is 1400. The highest BCUT2D eigenvalue weighted by Crippen LogP contribution is 2.32. The van der Waals surface area contributed by atoms with Crippen molar-refractivity contribution < 1.29 is 27.7 Å². The van der Waals surface area contributed by atoms with E-state index in [4.69, 9.17) is 0 Å². The molecule has 182 valence electrons. The van der Waals surface area contributed by atoms with Crippen LogP contribution >= 0.6 is 0 Å². The zero-order valence-electron chi connectivity index (χ0n) is 18.8. The maximum Gasteiger partial charge on any atom is 0.284 e. The summed E-state index contributed by atoms with van der Waals surface area (Å²) in [6, 6.07) is 7.80. The second kappa shape index (κ2) is 8.91. The summed E-state index contributed by atoms with van der Waals surface area (Å²) in [6.07, 6.45) is 1.35. The molecule has 1 atom stereocenters. The summed E-state index contributed by atoms with van der Waals surface area (Å²) in [5.41, 5.74) is -0.937. The van der Waals surface area contributed by atoms with Crippen molar-refractivity contribution in [2.75, 3.05) is 18.9 Å². The highest BCUT2D eigenvalue weighted by atomic mass is 32.2. The lowest BCUT2D eigenvalue weighted by molar-refractivity contribution is -0.385. The van der Waals surface area contributed by atoms with Crippen molar-refractivity contribution >= 4 is 45.0 Å².